The minimum atomic E-state index is 1.13. The second kappa shape index (κ2) is 18.1. The largest absolute Gasteiger partial charge is 0.309 e. The van der Waals surface area contributed by atoms with Gasteiger partial charge in [0.25, 0.3) is 0 Å². The first-order chi connectivity index (χ1) is 36.7. The second-order valence-electron chi connectivity index (χ2n) is 19.3. The molecule has 0 spiro atoms. The summed E-state index contributed by atoms with van der Waals surface area (Å²) in [4.78, 5) is 0. The summed E-state index contributed by atoms with van der Waals surface area (Å²) >= 11 is 0. The lowest BCUT2D eigenvalue weighted by Gasteiger charge is -2.13. The quantitative estimate of drug-likeness (QED) is 0.136. The van der Waals surface area contributed by atoms with Gasteiger partial charge in [0.15, 0.2) is 0 Å². The highest BCUT2D eigenvalue weighted by molar-refractivity contribution is 6.12. The van der Waals surface area contributed by atoms with E-state index in [1.165, 1.54) is 122 Å². The first-order valence-corrected chi connectivity index (χ1v) is 25.5. The van der Waals surface area contributed by atoms with Crippen LogP contribution in [0.25, 0.3) is 133 Å². The van der Waals surface area contributed by atoms with Crippen LogP contribution < -0.4 is 0 Å². The molecule has 346 valence electrons. The van der Waals surface area contributed by atoms with Crippen molar-refractivity contribution in [1.82, 2.24) is 9.13 Å². The highest BCUT2D eigenvalue weighted by Gasteiger charge is 2.17. The Labute approximate surface area is 431 Å². The van der Waals surface area contributed by atoms with Crippen molar-refractivity contribution in [3.05, 3.63) is 291 Å². The predicted octanol–water partition coefficient (Wildman–Crippen LogP) is 19.5. The van der Waals surface area contributed by atoms with Gasteiger partial charge in [-0.05, 0) is 175 Å². The van der Waals surface area contributed by atoms with Gasteiger partial charge in [0, 0.05) is 32.9 Å². The summed E-state index contributed by atoms with van der Waals surface area (Å²) in [6.45, 7) is 0. The van der Waals surface area contributed by atoms with Crippen molar-refractivity contribution in [3.63, 3.8) is 0 Å². The van der Waals surface area contributed by atoms with Crippen LogP contribution in [0.1, 0.15) is 0 Å². The summed E-state index contributed by atoms with van der Waals surface area (Å²) in [5.41, 5.74) is 23.8. The lowest BCUT2D eigenvalue weighted by Crippen LogP contribution is -1.95. The van der Waals surface area contributed by atoms with Gasteiger partial charge < -0.3 is 9.13 Å². The highest BCUT2D eigenvalue weighted by atomic mass is 15.0. The minimum absolute atomic E-state index is 1.13. The first kappa shape index (κ1) is 43.1. The highest BCUT2D eigenvalue weighted by Crippen LogP contribution is 2.41. The molecule has 2 aromatic heterocycles. The van der Waals surface area contributed by atoms with Gasteiger partial charge in [0.05, 0.1) is 22.1 Å². The van der Waals surface area contributed by atoms with Gasteiger partial charge in [-0.1, -0.05) is 194 Å². The topological polar surface area (TPSA) is 9.86 Å². The summed E-state index contributed by atoms with van der Waals surface area (Å²) < 4.78 is 4.82. The van der Waals surface area contributed by atoms with Crippen LogP contribution in [-0.4, -0.2) is 9.13 Å². The van der Waals surface area contributed by atoms with E-state index in [-0.39, 0.29) is 0 Å². The van der Waals surface area contributed by atoms with Crippen molar-refractivity contribution in [1.29, 1.82) is 0 Å². The predicted molar refractivity (Wildman–Crippen MR) is 313 cm³/mol. The fourth-order valence-corrected chi connectivity index (χ4v) is 11.2. The van der Waals surface area contributed by atoms with E-state index in [1.807, 2.05) is 0 Å². The molecule has 0 unspecified atom stereocenters. The van der Waals surface area contributed by atoms with Crippen molar-refractivity contribution in [2.75, 3.05) is 0 Å². The molecule has 12 aromatic carbocycles. The lowest BCUT2D eigenvalue weighted by atomic mass is 9.93. The summed E-state index contributed by atoms with van der Waals surface area (Å²) in [6, 6.07) is 106. The molecule has 0 amide bonds. The van der Waals surface area contributed by atoms with Gasteiger partial charge in [0.2, 0.25) is 0 Å². The smallest absolute Gasteiger partial charge is 0.0541 e. The Kier molecular flexibility index (Phi) is 10.6. The van der Waals surface area contributed by atoms with Gasteiger partial charge >= 0.3 is 0 Å². The van der Waals surface area contributed by atoms with Crippen molar-refractivity contribution in [3.8, 4) is 89.3 Å². The van der Waals surface area contributed by atoms with E-state index in [9.17, 15) is 0 Å². The normalized spacial score (nSPS) is 11.5. The van der Waals surface area contributed by atoms with E-state index in [2.05, 4.69) is 300 Å². The summed E-state index contributed by atoms with van der Waals surface area (Å²) in [6.07, 6.45) is 0. The third-order valence-electron chi connectivity index (χ3n) is 14.9. The molecule has 0 saturated heterocycles. The Hall–Kier alpha value is -9.76. The molecule has 2 heteroatoms. The van der Waals surface area contributed by atoms with Crippen LogP contribution in [0.4, 0.5) is 0 Å². The van der Waals surface area contributed by atoms with E-state index in [1.54, 1.807) is 0 Å². The average molecular weight is 941 g/mol. The molecule has 0 radical (unpaired) electrons. The average Bonchev–Trinajstić information content (AvgIpc) is 4.00. The number of rotatable bonds is 9. The second-order valence-corrected chi connectivity index (χ2v) is 19.3. The Balaban J connectivity index is 0.795. The molecular weight excluding hydrogens is 893 g/mol. The van der Waals surface area contributed by atoms with E-state index < -0.39 is 0 Å². The molecule has 0 aliphatic carbocycles. The van der Waals surface area contributed by atoms with Crippen LogP contribution in [0.3, 0.4) is 0 Å². The fourth-order valence-electron chi connectivity index (χ4n) is 11.2. The van der Waals surface area contributed by atoms with E-state index >= 15 is 0 Å². The zero-order valence-electron chi connectivity index (χ0n) is 40.6. The van der Waals surface area contributed by atoms with E-state index in [0.29, 0.717) is 0 Å². The van der Waals surface area contributed by atoms with Crippen LogP contribution in [0.15, 0.2) is 291 Å². The number of hydrogen-bond donors (Lipinski definition) is 0. The van der Waals surface area contributed by atoms with Crippen molar-refractivity contribution < 1.29 is 0 Å². The van der Waals surface area contributed by atoms with Gasteiger partial charge in [-0.2, -0.15) is 0 Å². The number of hydrogen-bond acceptors (Lipinski definition) is 0. The van der Waals surface area contributed by atoms with Crippen LogP contribution in [0, 0.1) is 0 Å². The van der Waals surface area contributed by atoms with Crippen LogP contribution in [0.2, 0.25) is 0 Å². The van der Waals surface area contributed by atoms with Gasteiger partial charge in [-0.15, -0.1) is 0 Å². The van der Waals surface area contributed by atoms with E-state index in [0.717, 1.165) is 11.4 Å². The fraction of sp³-hybridized carbons (Fsp3) is 0. The zero-order chi connectivity index (χ0) is 49.0. The van der Waals surface area contributed by atoms with Crippen LogP contribution in [-0.2, 0) is 0 Å². The maximum absolute atomic E-state index is 2.41. The molecule has 2 nitrogen and oxygen atoms in total. The van der Waals surface area contributed by atoms with Crippen LogP contribution in [0.5, 0.6) is 0 Å². The SMILES string of the molecule is c1ccc(-c2cc(-c3ccccc3)cc(-c3ccc4c(c3)c3ccccc3n4-c3ccc(-c4ccc(-n5c6ccccc6c6cc(-c7cc(-c8ccccc8)cc(-c8ccccc8)c7)ccc65)cc4)cc3)c2)cc1. The molecule has 0 bridgehead atoms. The molecule has 2 heterocycles. The molecular formula is C72H48N2. The number of aromatic nitrogens is 2. The maximum Gasteiger partial charge on any atom is 0.0541 e. The first-order valence-electron chi connectivity index (χ1n) is 25.5. The van der Waals surface area contributed by atoms with E-state index in [4.69, 9.17) is 0 Å². The number of fused-ring (bicyclic) bond motifs is 6. The number of nitrogens with zero attached hydrogens (tertiary/aromatic N) is 2. The lowest BCUT2D eigenvalue weighted by molar-refractivity contribution is 1.18. The third-order valence-corrected chi connectivity index (χ3v) is 14.9. The Morgan fingerprint density at radius 1 is 0.149 bits per heavy atom. The minimum Gasteiger partial charge on any atom is -0.309 e. The molecule has 0 atom stereocenters. The number of benzene rings is 12. The molecule has 0 fully saturated rings. The molecule has 0 saturated carbocycles. The molecule has 0 aliphatic rings. The molecule has 0 N–H and O–H groups in total. The molecule has 14 aromatic rings. The Bertz CT molecular complexity index is 3960. The Morgan fingerprint density at radius 2 is 0.392 bits per heavy atom. The molecule has 0 aliphatic heterocycles. The van der Waals surface area contributed by atoms with Gasteiger partial charge in [0.1, 0.15) is 0 Å². The molecule has 14 rings (SSSR count). The van der Waals surface area contributed by atoms with Crippen molar-refractivity contribution >= 4 is 43.6 Å². The Morgan fingerprint density at radius 3 is 0.716 bits per heavy atom. The van der Waals surface area contributed by atoms with Crippen molar-refractivity contribution in [2.24, 2.45) is 0 Å². The van der Waals surface area contributed by atoms with Crippen molar-refractivity contribution in [2.45, 2.75) is 0 Å². The molecule has 74 heavy (non-hydrogen) atoms. The summed E-state index contributed by atoms with van der Waals surface area (Å²) in [7, 11) is 0. The summed E-state index contributed by atoms with van der Waals surface area (Å²) in [5, 5.41) is 4.95. The standard InChI is InChI=1S/C72H48N2/c1-5-17-49(18-6-1)57-41-58(50-19-7-2-8-20-50)44-61(43-57)55-33-39-71-67(47-55)65-25-13-15-27-69(65)73(71)63-35-29-53(30-36-63)54-31-37-64(38-32-54)74-70-28-16-14-26-66(70)68-48-56(34-40-72(68)74)62-45-59(51-21-9-3-10-22-51)42-60(46-62)52-23-11-4-12-24-52/h1-48H. The maximum atomic E-state index is 2.41. The number of para-hydroxylation sites is 2. The zero-order valence-corrected chi connectivity index (χ0v) is 40.6. The summed E-state index contributed by atoms with van der Waals surface area (Å²) in [5.74, 6) is 0. The monoisotopic (exact) mass is 940 g/mol. The van der Waals surface area contributed by atoms with Crippen LogP contribution >= 0.6 is 0 Å². The van der Waals surface area contributed by atoms with Gasteiger partial charge in [-0.3, -0.25) is 0 Å². The third kappa shape index (κ3) is 7.69. The van der Waals surface area contributed by atoms with Gasteiger partial charge in [-0.25, -0.2) is 0 Å².